The first-order valence-electron chi connectivity index (χ1n) is 7.65. The molecule has 0 saturated carbocycles. The lowest BCUT2D eigenvalue weighted by Crippen LogP contribution is -2.45. The third-order valence-electron chi connectivity index (χ3n) is 3.97. The molecule has 0 fully saturated rings. The molecule has 2 N–H and O–H groups in total. The van der Waals surface area contributed by atoms with E-state index in [1.54, 1.807) is 6.92 Å². The number of benzene rings is 2. The zero-order valence-electron chi connectivity index (χ0n) is 13.4. The predicted molar refractivity (Wildman–Crippen MR) is 103 cm³/mol. The number of carbonyl (C=O) groups is 1. The Morgan fingerprint density at radius 1 is 1.29 bits per heavy atom. The maximum Gasteiger partial charge on any atom is 0.338 e. The highest BCUT2D eigenvalue weighted by molar-refractivity contribution is 9.10. The molecule has 6 heteroatoms. The SMILES string of the molecule is CCOC(=O)C1=C(C)NC(=S)N[C@H]1c1ccc2ccccc2c1Br. The molecule has 124 valence electrons. The van der Waals surface area contributed by atoms with Gasteiger partial charge in [0, 0.05) is 10.2 Å². The Labute approximate surface area is 154 Å². The molecule has 3 rings (SSSR count). The highest BCUT2D eigenvalue weighted by Gasteiger charge is 2.32. The van der Waals surface area contributed by atoms with Crippen molar-refractivity contribution in [3.63, 3.8) is 0 Å². The second-order valence-corrected chi connectivity index (χ2v) is 6.68. The average molecular weight is 405 g/mol. The molecule has 24 heavy (non-hydrogen) atoms. The minimum atomic E-state index is -0.364. The molecule has 0 spiro atoms. The topological polar surface area (TPSA) is 50.4 Å². The molecule has 2 aromatic rings. The van der Waals surface area contributed by atoms with Crippen LogP contribution in [0.25, 0.3) is 10.8 Å². The van der Waals surface area contributed by atoms with Gasteiger partial charge in [-0.2, -0.15) is 0 Å². The molecule has 1 heterocycles. The third kappa shape index (κ3) is 3.03. The molecule has 0 saturated heterocycles. The van der Waals surface area contributed by atoms with Crippen LogP contribution in [0.15, 0.2) is 52.1 Å². The van der Waals surface area contributed by atoms with Crippen LogP contribution in [0.3, 0.4) is 0 Å². The molecule has 1 aliphatic heterocycles. The monoisotopic (exact) mass is 404 g/mol. The highest BCUT2D eigenvalue weighted by atomic mass is 79.9. The van der Waals surface area contributed by atoms with Gasteiger partial charge in [0.25, 0.3) is 0 Å². The number of fused-ring (bicyclic) bond motifs is 1. The molecule has 0 bridgehead atoms. The van der Waals surface area contributed by atoms with Gasteiger partial charge < -0.3 is 15.4 Å². The quantitative estimate of drug-likeness (QED) is 0.598. The van der Waals surface area contributed by atoms with Crippen LogP contribution in [0.1, 0.15) is 25.5 Å². The highest BCUT2D eigenvalue weighted by Crippen LogP contribution is 2.36. The molecule has 0 aromatic heterocycles. The van der Waals surface area contributed by atoms with E-state index in [0.717, 1.165) is 20.8 Å². The van der Waals surface area contributed by atoms with E-state index in [9.17, 15) is 4.79 Å². The van der Waals surface area contributed by atoms with Gasteiger partial charge in [-0.15, -0.1) is 0 Å². The van der Waals surface area contributed by atoms with Crippen molar-refractivity contribution in [2.45, 2.75) is 19.9 Å². The number of esters is 1. The Morgan fingerprint density at radius 3 is 2.79 bits per heavy atom. The summed E-state index contributed by atoms with van der Waals surface area (Å²) in [4.78, 5) is 12.5. The first-order chi connectivity index (χ1) is 11.5. The molecule has 0 radical (unpaired) electrons. The van der Waals surface area contributed by atoms with E-state index in [1.165, 1.54) is 0 Å². The Balaban J connectivity index is 2.15. The summed E-state index contributed by atoms with van der Waals surface area (Å²) in [5.74, 6) is -0.345. The van der Waals surface area contributed by atoms with Gasteiger partial charge in [-0.05, 0) is 58.3 Å². The summed E-state index contributed by atoms with van der Waals surface area (Å²) in [6.45, 7) is 3.95. The summed E-state index contributed by atoms with van der Waals surface area (Å²) >= 11 is 8.97. The minimum absolute atomic E-state index is 0.325. The number of thiocarbonyl (C=S) groups is 1. The number of carbonyl (C=O) groups excluding carboxylic acids is 1. The summed E-state index contributed by atoms with van der Waals surface area (Å²) in [6.07, 6.45) is 0. The summed E-state index contributed by atoms with van der Waals surface area (Å²) in [6, 6.07) is 11.8. The minimum Gasteiger partial charge on any atom is -0.463 e. The van der Waals surface area contributed by atoms with E-state index in [-0.39, 0.29) is 12.0 Å². The van der Waals surface area contributed by atoms with E-state index in [1.807, 2.05) is 37.3 Å². The number of ether oxygens (including phenoxy) is 1. The van der Waals surface area contributed by atoms with Crippen molar-refractivity contribution in [2.75, 3.05) is 6.61 Å². The van der Waals surface area contributed by atoms with E-state index in [4.69, 9.17) is 17.0 Å². The zero-order chi connectivity index (χ0) is 17.3. The first-order valence-corrected chi connectivity index (χ1v) is 8.85. The third-order valence-corrected chi connectivity index (χ3v) is 5.07. The fraction of sp³-hybridized carbons (Fsp3) is 0.222. The van der Waals surface area contributed by atoms with Crippen LogP contribution in [-0.2, 0) is 9.53 Å². The smallest absolute Gasteiger partial charge is 0.338 e. The van der Waals surface area contributed by atoms with Crippen LogP contribution in [0.2, 0.25) is 0 Å². The lowest BCUT2D eigenvalue weighted by Gasteiger charge is -2.30. The van der Waals surface area contributed by atoms with E-state index in [2.05, 4.69) is 32.6 Å². The maximum atomic E-state index is 12.5. The fourth-order valence-corrected chi connectivity index (χ4v) is 3.87. The van der Waals surface area contributed by atoms with Crippen LogP contribution in [0.5, 0.6) is 0 Å². The molecule has 2 aromatic carbocycles. The molecule has 1 atom stereocenters. The van der Waals surface area contributed by atoms with E-state index >= 15 is 0 Å². The van der Waals surface area contributed by atoms with Gasteiger partial charge in [0.05, 0.1) is 18.2 Å². The van der Waals surface area contributed by atoms with Crippen LogP contribution in [0.4, 0.5) is 0 Å². The second kappa shape index (κ2) is 6.91. The molecule has 0 unspecified atom stereocenters. The van der Waals surface area contributed by atoms with Gasteiger partial charge in [0.1, 0.15) is 0 Å². The Bertz CT molecular complexity index is 863. The van der Waals surface area contributed by atoms with Gasteiger partial charge in [0.2, 0.25) is 0 Å². The summed E-state index contributed by atoms with van der Waals surface area (Å²) in [7, 11) is 0. The molecule has 0 amide bonds. The Kier molecular flexibility index (Phi) is 4.87. The maximum absolute atomic E-state index is 12.5. The zero-order valence-corrected chi connectivity index (χ0v) is 15.8. The Morgan fingerprint density at radius 2 is 2.04 bits per heavy atom. The van der Waals surface area contributed by atoms with Crippen molar-refractivity contribution >= 4 is 50.0 Å². The molecule has 4 nitrogen and oxygen atoms in total. The first kappa shape index (κ1) is 16.9. The number of halogens is 1. The van der Waals surface area contributed by atoms with Crippen molar-refractivity contribution in [3.05, 3.63) is 57.7 Å². The number of nitrogens with one attached hydrogen (secondary N) is 2. The second-order valence-electron chi connectivity index (χ2n) is 5.48. The van der Waals surface area contributed by atoms with Crippen LogP contribution in [0, 0.1) is 0 Å². The van der Waals surface area contributed by atoms with Crippen LogP contribution in [-0.4, -0.2) is 17.7 Å². The van der Waals surface area contributed by atoms with Gasteiger partial charge in [0.15, 0.2) is 5.11 Å². The van der Waals surface area contributed by atoms with Crippen LogP contribution < -0.4 is 10.6 Å². The van der Waals surface area contributed by atoms with Crippen molar-refractivity contribution in [2.24, 2.45) is 0 Å². The van der Waals surface area contributed by atoms with Gasteiger partial charge >= 0.3 is 5.97 Å². The predicted octanol–water partition coefficient (Wildman–Crippen LogP) is 3.96. The van der Waals surface area contributed by atoms with Crippen molar-refractivity contribution in [1.82, 2.24) is 10.6 Å². The van der Waals surface area contributed by atoms with Crippen LogP contribution >= 0.6 is 28.1 Å². The normalized spacial score (nSPS) is 17.5. The Hall–Kier alpha value is -1.92. The van der Waals surface area contributed by atoms with Crippen molar-refractivity contribution < 1.29 is 9.53 Å². The lowest BCUT2D eigenvalue weighted by atomic mass is 9.94. The van der Waals surface area contributed by atoms with Gasteiger partial charge in [-0.25, -0.2) is 4.79 Å². The fourth-order valence-electron chi connectivity index (χ4n) is 2.88. The standard InChI is InChI=1S/C18H17BrN2O2S/c1-3-23-17(22)14-10(2)20-18(24)21-16(14)13-9-8-11-6-4-5-7-12(11)15(13)19/h4-9,16H,3H2,1-2H3,(H2,20,21,24)/t16-/m0/s1. The number of hydrogen-bond donors (Lipinski definition) is 2. The lowest BCUT2D eigenvalue weighted by molar-refractivity contribution is -0.139. The average Bonchev–Trinajstić information content (AvgIpc) is 2.55. The van der Waals surface area contributed by atoms with Gasteiger partial charge in [-0.3, -0.25) is 0 Å². The molecular formula is C18H17BrN2O2S. The number of allylic oxidation sites excluding steroid dienone is 1. The molecule has 0 aliphatic carbocycles. The summed E-state index contributed by atoms with van der Waals surface area (Å²) in [5.41, 5.74) is 2.20. The summed E-state index contributed by atoms with van der Waals surface area (Å²) in [5, 5.41) is 8.90. The van der Waals surface area contributed by atoms with E-state index in [0.29, 0.717) is 23.0 Å². The molecular weight excluding hydrogens is 388 g/mol. The van der Waals surface area contributed by atoms with Crippen molar-refractivity contribution in [3.8, 4) is 0 Å². The summed E-state index contributed by atoms with van der Waals surface area (Å²) < 4.78 is 6.17. The number of rotatable bonds is 3. The van der Waals surface area contributed by atoms with Gasteiger partial charge in [-0.1, -0.05) is 36.4 Å². The largest absolute Gasteiger partial charge is 0.463 e. The molecule has 1 aliphatic rings. The van der Waals surface area contributed by atoms with E-state index < -0.39 is 0 Å². The number of hydrogen-bond acceptors (Lipinski definition) is 3. The van der Waals surface area contributed by atoms with Crippen molar-refractivity contribution in [1.29, 1.82) is 0 Å².